The molecule has 1 saturated carbocycles. The van der Waals surface area contributed by atoms with Crippen LogP contribution in [0.1, 0.15) is 60.5 Å². The first-order chi connectivity index (χ1) is 17.0. The van der Waals surface area contributed by atoms with Gasteiger partial charge in [0, 0.05) is 18.8 Å². The Labute approximate surface area is 208 Å². The van der Waals surface area contributed by atoms with E-state index >= 15 is 0 Å². The number of aromatic nitrogens is 4. The molecule has 5 rings (SSSR count). The predicted octanol–water partition coefficient (Wildman–Crippen LogP) is 4.46. The number of rotatable bonds is 6. The van der Waals surface area contributed by atoms with E-state index in [9.17, 15) is 10.1 Å². The van der Waals surface area contributed by atoms with E-state index in [2.05, 4.69) is 26.2 Å². The number of fused-ring (bicyclic) bond motifs is 1. The van der Waals surface area contributed by atoms with E-state index in [1.54, 1.807) is 0 Å². The van der Waals surface area contributed by atoms with Crippen LogP contribution in [0.5, 0.6) is 11.5 Å². The van der Waals surface area contributed by atoms with Gasteiger partial charge >= 0.3 is 0 Å². The summed E-state index contributed by atoms with van der Waals surface area (Å²) < 4.78 is 15.8. The molecule has 1 unspecified atom stereocenters. The summed E-state index contributed by atoms with van der Waals surface area (Å²) in [5.74, 6) is 2.60. The predicted molar refractivity (Wildman–Crippen MR) is 132 cm³/mol. The van der Waals surface area contributed by atoms with E-state index in [1.165, 1.54) is 24.6 Å². The van der Waals surface area contributed by atoms with Crippen molar-refractivity contribution in [3.8, 4) is 17.6 Å². The third-order valence-corrected chi connectivity index (χ3v) is 7.83. The lowest BCUT2D eigenvalue weighted by Gasteiger charge is -2.25. The molecular weight excluding hydrogens is 464 g/mol. The van der Waals surface area contributed by atoms with Crippen molar-refractivity contribution in [3.63, 3.8) is 0 Å². The second kappa shape index (κ2) is 9.66. The van der Waals surface area contributed by atoms with Gasteiger partial charge in [0.05, 0.1) is 11.3 Å². The van der Waals surface area contributed by atoms with Crippen LogP contribution in [0.25, 0.3) is 0 Å². The van der Waals surface area contributed by atoms with Crippen LogP contribution in [-0.2, 0) is 11.8 Å². The first kappa shape index (κ1) is 23.3. The van der Waals surface area contributed by atoms with Gasteiger partial charge < -0.3 is 23.9 Å². The average Bonchev–Trinajstić information content (AvgIpc) is 3.57. The maximum atomic E-state index is 12.9. The van der Waals surface area contributed by atoms with Crippen molar-refractivity contribution in [1.29, 1.82) is 5.26 Å². The summed E-state index contributed by atoms with van der Waals surface area (Å²) in [5, 5.41) is 21.9. The number of benzene rings is 1. The number of carbonyl (C=O) groups excluding carboxylic acids is 1. The van der Waals surface area contributed by atoms with Gasteiger partial charge in [0.15, 0.2) is 28.6 Å². The van der Waals surface area contributed by atoms with E-state index in [0.29, 0.717) is 46.5 Å². The molecule has 9 nitrogen and oxygen atoms in total. The molecule has 3 heterocycles. The fourth-order valence-corrected chi connectivity index (χ4v) is 5.60. The lowest BCUT2D eigenvalue weighted by atomic mass is 10.2. The number of thioether (sulfide) groups is 1. The highest BCUT2D eigenvalue weighted by Gasteiger charge is 2.29. The number of anilines is 1. The molecule has 1 aliphatic carbocycles. The highest BCUT2D eigenvalue weighted by atomic mass is 32.2. The molecule has 2 aliphatic rings. The number of nitrogens with one attached hydrogen (secondary N) is 1. The summed E-state index contributed by atoms with van der Waals surface area (Å²) in [7, 11) is 1.85. The summed E-state index contributed by atoms with van der Waals surface area (Å²) in [5.41, 5.74) is 2.52. The van der Waals surface area contributed by atoms with E-state index in [0.717, 1.165) is 24.1 Å². The van der Waals surface area contributed by atoms with Gasteiger partial charge in [-0.2, -0.15) is 5.26 Å². The largest absolute Gasteiger partial charge is 0.485 e. The van der Waals surface area contributed by atoms with Crippen molar-refractivity contribution in [1.82, 2.24) is 19.3 Å². The molecule has 1 aromatic carbocycles. The zero-order chi connectivity index (χ0) is 24.5. The van der Waals surface area contributed by atoms with E-state index in [1.807, 2.05) is 49.7 Å². The van der Waals surface area contributed by atoms with Gasteiger partial charge in [-0.25, -0.2) is 0 Å². The third-order valence-electron chi connectivity index (χ3n) is 6.81. The highest BCUT2D eigenvalue weighted by molar-refractivity contribution is 7.99. The molecule has 3 aromatic rings. The number of nitriles is 1. The molecule has 0 radical (unpaired) electrons. The second-order valence-corrected chi connectivity index (χ2v) is 9.90. The minimum Gasteiger partial charge on any atom is -0.485 e. The lowest BCUT2D eigenvalue weighted by molar-refractivity contribution is -0.113. The number of hydrogen-bond donors (Lipinski definition) is 1. The average molecular weight is 493 g/mol. The van der Waals surface area contributed by atoms with Crippen molar-refractivity contribution in [3.05, 3.63) is 46.9 Å². The maximum Gasteiger partial charge on any atom is 0.235 e. The van der Waals surface area contributed by atoms with Crippen LogP contribution in [0, 0.1) is 25.2 Å². The normalized spacial score (nSPS) is 17.4. The summed E-state index contributed by atoms with van der Waals surface area (Å²) in [6.45, 7) is 4.30. The third kappa shape index (κ3) is 4.36. The van der Waals surface area contributed by atoms with Crippen LogP contribution < -0.4 is 14.8 Å². The standard InChI is InChI=1S/C25H28N6O3S/c1-15-16(2)31(17-8-4-5-9-17)23(18(15)12-26)27-22(32)14-35-25-29-28-24(30(25)3)21-13-33-19-10-6-7-11-20(19)34-21/h6-7,10-11,17,21H,4-5,8-9,13-14H2,1-3H3,(H,27,32). The van der Waals surface area contributed by atoms with Crippen LogP contribution in [0.3, 0.4) is 0 Å². The number of ether oxygens (including phenoxy) is 2. The van der Waals surface area contributed by atoms with Crippen molar-refractivity contribution in [2.75, 3.05) is 17.7 Å². The summed E-state index contributed by atoms with van der Waals surface area (Å²) >= 11 is 1.30. The number of amides is 1. The molecule has 0 bridgehead atoms. The van der Waals surface area contributed by atoms with Crippen LogP contribution in [0.4, 0.5) is 5.82 Å². The molecule has 1 amide bonds. The number of carbonyl (C=O) groups is 1. The van der Waals surface area contributed by atoms with Gasteiger partial charge in [0.25, 0.3) is 0 Å². The first-order valence-electron chi connectivity index (χ1n) is 11.8. The molecule has 0 spiro atoms. The van der Waals surface area contributed by atoms with Crippen molar-refractivity contribution < 1.29 is 14.3 Å². The maximum absolute atomic E-state index is 12.9. The Kier molecular flexibility index (Phi) is 6.43. The second-order valence-electron chi connectivity index (χ2n) is 8.95. The van der Waals surface area contributed by atoms with Gasteiger partial charge in [-0.3, -0.25) is 4.79 Å². The van der Waals surface area contributed by atoms with Gasteiger partial charge in [-0.15, -0.1) is 10.2 Å². The quantitative estimate of drug-likeness (QED) is 0.506. The minimum atomic E-state index is -0.385. The topological polar surface area (TPSA) is 107 Å². The Morgan fingerprint density at radius 1 is 1.23 bits per heavy atom. The molecule has 0 saturated heterocycles. The molecule has 1 N–H and O–H groups in total. The molecule has 35 heavy (non-hydrogen) atoms. The van der Waals surface area contributed by atoms with Crippen molar-refractivity contribution in [2.24, 2.45) is 7.05 Å². The van der Waals surface area contributed by atoms with E-state index in [-0.39, 0.29) is 17.8 Å². The monoisotopic (exact) mass is 492 g/mol. The summed E-state index contributed by atoms with van der Waals surface area (Å²) in [4.78, 5) is 12.9. The smallest absolute Gasteiger partial charge is 0.235 e. The summed E-state index contributed by atoms with van der Waals surface area (Å²) in [6, 6.07) is 10.1. The SMILES string of the molecule is Cc1c(C#N)c(NC(=O)CSc2nnc(C3COc4ccccc4O3)n2C)n(C2CCCC2)c1C. The van der Waals surface area contributed by atoms with Gasteiger partial charge in [-0.1, -0.05) is 36.7 Å². The Morgan fingerprint density at radius 3 is 2.71 bits per heavy atom. The fraction of sp³-hybridized carbons (Fsp3) is 0.440. The molecule has 1 atom stereocenters. The number of nitrogens with zero attached hydrogens (tertiary/aromatic N) is 5. The Morgan fingerprint density at radius 2 is 1.97 bits per heavy atom. The van der Waals surface area contributed by atoms with Crippen molar-refractivity contribution in [2.45, 2.75) is 56.8 Å². The zero-order valence-electron chi connectivity index (χ0n) is 20.1. The molecular formula is C25H28N6O3S. The zero-order valence-corrected chi connectivity index (χ0v) is 20.9. The molecule has 2 aromatic heterocycles. The Balaban J connectivity index is 1.27. The lowest BCUT2D eigenvalue weighted by Crippen LogP contribution is -2.24. The number of hydrogen-bond acceptors (Lipinski definition) is 7. The fourth-order valence-electron chi connectivity index (χ4n) is 4.88. The van der Waals surface area contributed by atoms with Crippen molar-refractivity contribution >= 4 is 23.5 Å². The molecule has 10 heteroatoms. The molecule has 1 fully saturated rings. The Bertz CT molecular complexity index is 1300. The number of para-hydroxylation sites is 2. The van der Waals surface area contributed by atoms with Crippen LogP contribution in [0.15, 0.2) is 29.4 Å². The summed E-state index contributed by atoms with van der Waals surface area (Å²) in [6.07, 6.45) is 4.09. The minimum absolute atomic E-state index is 0.148. The van der Waals surface area contributed by atoms with E-state index < -0.39 is 0 Å². The van der Waals surface area contributed by atoms with Gasteiger partial charge in [-0.05, 0) is 44.4 Å². The molecule has 182 valence electrons. The van der Waals surface area contributed by atoms with Gasteiger partial charge in [0.1, 0.15) is 18.5 Å². The highest BCUT2D eigenvalue weighted by Crippen LogP contribution is 2.38. The van der Waals surface area contributed by atoms with Crippen LogP contribution in [-0.4, -0.2) is 37.6 Å². The van der Waals surface area contributed by atoms with Crippen LogP contribution >= 0.6 is 11.8 Å². The van der Waals surface area contributed by atoms with Gasteiger partial charge in [0.2, 0.25) is 5.91 Å². The van der Waals surface area contributed by atoms with E-state index in [4.69, 9.17) is 9.47 Å². The first-order valence-corrected chi connectivity index (χ1v) is 12.8. The van der Waals surface area contributed by atoms with Crippen LogP contribution in [0.2, 0.25) is 0 Å². The Hall–Kier alpha value is -3.45. The molecule has 1 aliphatic heterocycles.